The van der Waals surface area contributed by atoms with Gasteiger partial charge in [0.1, 0.15) is 11.5 Å². The standard InChI is InChI=1S/C19H20F3NO5S/c1-18(2,3)17(24)23-10-11-6-5-7-13(28-29(25,26)19(20,21)22)12-8-9-14(27-4)16(23)15(11)12/h7-10H,5-6H2,1-4H3. The number of hydrogen-bond acceptors (Lipinski definition) is 5. The number of aromatic nitrogens is 1. The van der Waals surface area contributed by atoms with E-state index >= 15 is 0 Å². The van der Waals surface area contributed by atoms with Gasteiger partial charge in [-0.1, -0.05) is 20.8 Å². The van der Waals surface area contributed by atoms with Crippen molar-refractivity contribution in [2.24, 2.45) is 5.41 Å². The lowest BCUT2D eigenvalue weighted by Crippen LogP contribution is -2.26. The van der Waals surface area contributed by atoms with E-state index in [-0.39, 0.29) is 17.9 Å². The topological polar surface area (TPSA) is 74.6 Å². The van der Waals surface area contributed by atoms with Crippen molar-refractivity contribution in [1.29, 1.82) is 0 Å². The fourth-order valence-electron chi connectivity index (χ4n) is 3.22. The first-order chi connectivity index (χ1) is 13.3. The molecule has 0 amide bonds. The van der Waals surface area contributed by atoms with Gasteiger partial charge in [-0.15, -0.1) is 0 Å². The highest BCUT2D eigenvalue weighted by molar-refractivity contribution is 7.87. The van der Waals surface area contributed by atoms with Crippen LogP contribution in [0.15, 0.2) is 24.4 Å². The van der Waals surface area contributed by atoms with Crippen LogP contribution in [0.4, 0.5) is 13.2 Å². The van der Waals surface area contributed by atoms with Crippen LogP contribution < -0.4 is 4.74 Å². The van der Waals surface area contributed by atoms with Crippen molar-refractivity contribution in [1.82, 2.24) is 4.57 Å². The monoisotopic (exact) mass is 431 g/mol. The zero-order valence-electron chi connectivity index (χ0n) is 16.3. The number of aryl methyl sites for hydroxylation is 1. The molecule has 0 atom stereocenters. The van der Waals surface area contributed by atoms with E-state index in [9.17, 15) is 26.4 Å². The Labute approximate surface area is 166 Å². The third kappa shape index (κ3) is 3.61. The molecule has 0 radical (unpaired) electrons. The van der Waals surface area contributed by atoms with Crippen LogP contribution in [0.2, 0.25) is 0 Å². The number of nitrogens with zero attached hydrogens (tertiary/aromatic N) is 1. The second kappa shape index (κ2) is 6.79. The van der Waals surface area contributed by atoms with E-state index in [4.69, 9.17) is 4.74 Å². The fraction of sp³-hybridized carbons (Fsp3) is 0.421. The molecule has 1 heterocycles. The minimum atomic E-state index is -5.83. The molecule has 158 valence electrons. The van der Waals surface area contributed by atoms with Crippen molar-refractivity contribution in [2.45, 2.75) is 39.1 Å². The van der Waals surface area contributed by atoms with Crippen LogP contribution in [-0.4, -0.2) is 31.5 Å². The quantitative estimate of drug-likeness (QED) is 0.529. The van der Waals surface area contributed by atoms with E-state index in [1.807, 2.05) is 0 Å². The molecule has 0 fully saturated rings. The summed E-state index contributed by atoms with van der Waals surface area (Å²) in [5, 5.41) is 0.433. The summed E-state index contributed by atoms with van der Waals surface area (Å²) in [6, 6.07) is 2.90. The van der Waals surface area contributed by atoms with E-state index in [1.54, 1.807) is 27.0 Å². The van der Waals surface area contributed by atoms with Gasteiger partial charge >= 0.3 is 15.6 Å². The predicted octanol–water partition coefficient (Wildman–Crippen LogP) is 4.49. The normalized spacial score (nSPS) is 15.1. The maximum Gasteiger partial charge on any atom is 0.534 e. The zero-order chi connectivity index (χ0) is 21.8. The number of benzene rings is 1. The smallest absolute Gasteiger partial charge is 0.495 e. The molecule has 2 aromatic rings. The number of allylic oxidation sites excluding steroid dienone is 1. The van der Waals surface area contributed by atoms with Crippen molar-refractivity contribution in [3.05, 3.63) is 35.5 Å². The molecule has 29 heavy (non-hydrogen) atoms. The Morgan fingerprint density at radius 1 is 1.17 bits per heavy atom. The van der Waals surface area contributed by atoms with E-state index < -0.39 is 26.8 Å². The Hall–Kier alpha value is -2.49. The predicted molar refractivity (Wildman–Crippen MR) is 101 cm³/mol. The van der Waals surface area contributed by atoms with Gasteiger partial charge in [0, 0.05) is 22.6 Å². The Bertz CT molecular complexity index is 1120. The lowest BCUT2D eigenvalue weighted by atomic mass is 9.95. The van der Waals surface area contributed by atoms with Gasteiger partial charge in [-0.25, -0.2) is 0 Å². The van der Waals surface area contributed by atoms with E-state index in [0.29, 0.717) is 28.6 Å². The zero-order valence-corrected chi connectivity index (χ0v) is 17.1. The summed E-state index contributed by atoms with van der Waals surface area (Å²) >= 11 is 0. The first-order valence-electron chi connectivity index (χ1n) is 8.75. The summed E-state index contributed by atoms with van der Waals surface area (Å²) in [7, 11) is -4.42. The van der Waals surface area contributed by atoms with Crippen molar-refractivity contribution >= 4 is 32.7 Å². The third-order valence-corrected chi connectivity index (χ3v) is 5.53. The van der Waals surface area contributed by atoms with E-state index in [2.05, 4.69) is 4.18 Å². The molecule has 1 aromatic carbocycles. The van der Waals surface area contributed by atoms with Crippen LogP contribution in [-0.2, 0) is 20.7 Å². The highest BCUT2D eigenvalue weighted by atomic mass is 32.2. The van der Waals surface area contributed by atoms with Crippen molar-refractivity contribution in [2.75, 3.05) is 7.11 Å². The van der Waals surface area contributed by atoms with Crippen LogP contribution in [0.5, 0.6) is 5.75 Å². The molecule has 1 aromatic heterocycles. The number of carbonyl (C=O) groups is 1. The molecule has 0 saturated carbocycles. The van der Waals surface area contributed by atoms with Crippen LogP contribution in [0.25, 0.3) is 16.7 Å². The summed E-state index contributed by atoms with van der Waals surface area (Å²) in [5.74, 6) is -0.318. The molecule has 0 bridgehead atoms. The van der Waals surface area contributed by atoms with Gasteiger partial charge in [0.05, 0.1) is 12.6 Å². The molecule has 0 unspecified atom stereocenters. The third-order valence-electron chi connectivity index (χ3n) is 4.56. The van der Waals surface area contributed by atoms with Crippen molar-refractivity contribution < 1.29 is 35.3 Å². The van der Waals surface area contributed by atoms with Crippen LogP contribution in [0.3, 0.4) is 0 Å². The number of alkyl halides is 3. The minimum Gasteiger partial charge on any atom is -0.495 e. The lowest BCUT2D eigenvalue weighted by molar-refractivity contribution is -0.0509. The number of rotatable bonds is 3. The maximum absolute atomic E-state index is 13.0. The summed E-state index contributed by atoms with van der Waals surface area (Å²) < 4.78 is 72.8. The summed E-state index contributed by atoms with van der Waals surface area (Å²) in [6.45, 7) is 5.23. The van der Waals surface area contributed by atoms with Gasteiger partial charge < -0.3 is 8.92 Å². The highest BCUT2D eigenvalue weighted by Gasteiger charge is 2.49. The van der Waals surface area contributed by atoms with E-state index in [0.717, 1.165) is 0 Å². The molecule has 0 N–H and O–H groups in total. The Balaban J connectivity index is 2.27. The summed E-state index contributed by atoms with van der Waals surface area (Å²) in [5.41, 5.74) is -5.08. The second-order valence-electron chi connectivity index (χ2n) is 7.71. The number of halogens is 3. The van der Waals surface area contributed by atoms with Gasteiger partial charge in [0.2, 0.25) is 5.91 Å². The molecule has 6 nitrogen and oxygen atoms in total. The average molecular weight is 431 g/mol. The molecule has 0 aliphatic heterocycles. The van der Waals surface area contributed by atoms with Gasteiger partial charge in [0.15, 0.2) is 0 Å². The maximum atomic E-state index is 13.0. The molecule has 10 heteroatoms. The van der Waals surface area contributed by atoms with Gasteiger partial charge in [0.25, 0.3) is 0 Å². The number of carbonyl (C=O) groups excluding carboxylic acids is 1. The van der Waals surface area contributed by atoms with Crippen molar-refractivity contribution in [3.8, 4) is 5.75 Å². The Morgan fingerprint density at radius 2 is 1.83 bits per heavy atom. The first-order valence-corrected chi connectivity index (χ1v) is 10.2. The summed E-state index contributed by atoms with van der Waals surface area (Å²) in [6.07, 6.45) is 3.56. The lowest BCUT2D eigenvalue weighted by Gasteiger charge is -2.19. The molecule has 1 aliphatic carbocycles. The van der Waals surface area contributed by atoms with Crippen LogP contribution in [0, 0.1) is 5.41 Å². The second-order valence-corrected chi connectivity index (χ2v) is 9.25. The van der Waals surface area contributed by atoms with Gasteiger partial charge in [-0.2, -0.15) is 21.6 Å². The number of hydrogen-bond donors (Lipinski definition) is 0. The fourth-order valence-corrected chi connectivity index (χ4v) is 3.70. The Morgan fingerprint density at radius 3 is 2.38 bits per heavy atom. The SMILES string of the molecule is COc1ccc2c3c(cn(C(=O)C(C)(C)C)c13)CCC=C2OS(=O)(=O)C(F)(F)F. The molecule has 0 saturated heterocycles. The van der Waals surface area contributed by atoms with E-state index in [1.165, 1.54) is 29.9 Å². The van der Waals surface area contributed by atoms with Crippen LogP contribution in [0.1, 0.15) is 43.1 Å². The number of methoxy groups -OCH3 is 1. The molecule has 3 rings (SSSR count). The first kappa shape index (κ1) is 21.2. The molecular formula is C19H20F3NO5S. The van der Waals surface area contributed by atoms with Gasteiger partial charge in [-0.05, 0) is 36.6 Å². The number of ether oxygens (including phenoxy) is 1. The molecule has 1 aliphatic rings. The highest BCUT2D eigenvalue weighted by Crippen LogP contribution is 2.41. The summed E-state index contributed by atoms with van der Waals surface area (Å²) in [4.78, 5) is 13.0. The molecule has 0 spiro atoms. The Kier molecular flexibility index (Phi) is 4.97. The van der Waals surface area contributed by atoms with Crippen molar-refractivity contribution in [3.63, 3.8) is 0 Å². The minimum absolute atomic E-state index is 0.154. The molecular weight excluding hydrogens is 411 g/mol. The largest absolute Gasteiger partial charge is 0.534 e. The average Bonchev–Trinajstić information content (AvgIpc) is 2.88. The van der Waals surface area contributed by atoms with Crippen LogP contribution >= 0.6 is 0 Å². The van der Waals surface area contributed by atoms with Gasteiger partial charge in [-0.3, -0.25) is 9.36 Å².